The topological polar surface area (TPSA) is 82.3 Å². The van der Waals surface area contributed by atoms with Crippen molar-refractivity contribution in [3.05, 3.63) is 60.3 Å². The number of hydrogen-bond acceptors (Lipinski definition) is 6. The highest BCUT2D eigenvalue weighted by molar-refractivity contribution is 7.91. The molecule has 3 aromatic heterocycles. The van der Waals surface area contributed by atoms with Crippen LogP contribution in [0.25, 0.3) is 28.0 Å². The predicted octanol–water partition coefficient (Wildman–Crippen LogP) is 3.83. The van der Waals surface area contributed by atoms with E-state index < -0.39 is 15.7 Å². The zero-order valence-corrected chi connectivity index (χ0v) is 21.5. The van der Waals surface area contributed by atoms with Crippen molar-refractivity contribution in [2.24, 2.45) is 13.0 Å². The summed E-state index contributed by atoms with van der Waals surface area (Å²) in [7, 11) is 2.51. The summed E-state index contributed by atoms with van der Waals surface area (Å²) >= 11 is 0. The number of rotatable bonds is 7. The zero-order chi connectivity index (χ0) is 25.4. The lowest BCUT2D eigenvalue weighted by Gasteiger charge is -2.26. The Morgan fingerprint density at radius 1 is 1.17 bits per heavy atom. The number of pyridine rings is 1. The molecule has 1 aromatic carbocycles. The monoisotopic (exact) mass is 511 g/mol. The molecular formula is C26H30FN5O3S. The standard InChI is InChI=1S/C26H30FN5O3S/c1-30(14-18-8-10-36(33,34)11-9-18)15-20-16-32(21-13-28-31(2)17-21)26-22(20)5-6-24(29-26)19-4-7-25(35-3)23(27)12-19/h4-7,12-13,16-18H,8-11,14-15H2,1-3H3. The summed E-state index contributed by atoms with van der Waals surface area (Å²) in [4.78, 5) is 7.17. The fraction of sp³-hybridized carbons (Fsp3) is 0.385. The molecule has 0 amide bonds. The molecular weight excluding hydrogens is 481 g/mol. The van der Waals surface area contributed by atoms with Gasteiger partial charge in [-0.1, -0.05) is 0 Å². The second-order valence-electron chi connectivity index (χ2n) is 9.61. The van der Waals surface area contributed by atoms with Crippen LogP contribution in [-0.4, -0.2) is 64.9 Å². The molecule has 36 heavy (non-hydrogen) atoms. The van der Waals surface area contributed by atoms with E-state index in [4.69, 9.17) is 9.72 Å². The van der Waals surface area contributed by atoms with Gasteiger partial charge in [-0.3, -0.25) is 9.25 Å². The lowest BCUT2D eigenvalue weighted by molar-refractivity contribution is 0.258. The van der Waals surface area contributed by atoms with Gasteiger partial charge in [-0.05, 0) is 61.7 Å². The average Bonchev–Trinajstić information content (AvgIpc) is 3.43. The van der Waals surface area contributed by atoms with Gasteiger partial charge in [0.2, 0.25) is 0 Å². The lowest BCUT2D eigenvalue weighted by Crippen LogP contribution is -2.31. The van der Waals surface area contributed by atoms with Crippen LogP contribution in [0.1, 0.15) is 18.4 Å². The molecule has 0 bridgehead atoms. The van der Waals surface area contributed by atoms with Gasteiger partial charge in [-0.15, -0.1) is 0 Å². The van der Waals surface area contributed by atoms with E-state index in [0.29, 0.717) is 36.6 Å². The largest absolute Gasteiger partial charge is 0.494 e. The average molecular weight is 512 g/mol. The van der Waals surface area contributed by atoms with Crippen molar-refractivity contribution < 1.29 is 17.5 Å². The highest BCUT2D eigenvalue weighted by Gasteiger charge is 2.25. The molecule has 0 N–H and O–H groups in total. The molecule has 1 aliphatic rings. The lowest BCUT2D eigenvalue weighted by atomic mass is 10.0. The first-order chi connectivity index (χ1) is 17.2. The van der Waals surface area contributed by atoms with Crippen LogP contribution in [0.3, 0.4) is 0 Å². The summed E-state index contributed by atoms with van der Waals surface area (Å²) in [6.45, 7) is 1.54. The molecule has 1 aliphatic heterocycles. The van der Waals surface area contributed by atoms with Crippen LogP contribution >= 0.6 is 0 Å². The van der Waals surface area contributed by atoms with Gasteiger partial charge in [0, 0.05) is 43.5 Å². The maximum atomic E-state index is 14.4. The normalized spacial score (nSPS) is 16.1. The van der Waals surface area contributed by atoms with Crippen LogP contribution in [-0.2, 0) is 23.4 Å². The molecule has 190 valence electrons. The number of ether oxygens (including phenoxy) is 1. The molecule has 8 nitrogen and oxygen atoms in total. The van der Waals surface area contributed by atoms with E-state index >= 15 is 0 Å². The van der Waals surface area contributed by atoms with E-state index in [1.165, 1.54) is 13.2 Å². The van der Waals surface area contributed by atoms with Crippen molar-refractivity contribution in [3.8, 4) is 22.7 Å². The van der Waals surface area contributed by atoms with Gasteiger partial charge in [0.25, 0.3) is 0 Å². The van der Waals surface area contributed by atoms with Gasteiger partial charge in [-0.25, -0.2) is 17.8 Å². The Balaban J connectivity index is 1.47. The van der Waals surface area contributed by atoms with Crippen LogP contribution in [0.4, 0.5) is 4.39 Å². The molecule has 4 heterocycles. The number of benzene rings is 1. The Bertz CT molecular complexity index is 1500. The minimum absolute atomic E-state index is 0.194. The summed E-state index contributed by atoms with van der Waals surface area (Å²) in [5, 5.41) is 5.32. The van der Waals surface area contributed by atoms with E-state index in [1.807, 2.05) is 29.9 Å². The molecule has 0 aliphatic carbocycles. The first-order valence-electron chi connectivity index (χ1n) is 12.0. The number of methoxy groups -OCH3 is 1. The number of hydrogen-bond donors (Lipinski definition) is 0. The number of halogens is 1. The summed E-state index contributed by atoms with van der Waals surface area (Å²) < 4.78 is 46.7. The third-order valence-corrected chi connectivity index (χ3v) is 8.55. The summed E-state index contributed by atoms with van der Waals surface area (Å²) in [5.74, 6) is 0.700. The highest BCUT2D eigenvalue weighted by Crippen LogP contribution is 2.30. The number of aromatic nitrogens is 4. The molecule has 1 fully saturated rings. The minimum atomic E-state index is -2.87. The van der Waals surface area contributed by atoms with Gasteiger partial charge >= 0.3 is 0 Å². The Morgan fingerprint density at radius 2 is 1.94 bits per heavy atom. The Hall–Kier alpha value is -3.24. The quantitative estimate of drug-likeness (QED) is 0.375. The summed E-state index contributed by atoms with van der Waals surface area (Å²) in [6, 6.07) is 8.78. The van der Waals surface area contributed by atoms with Crippen molar-refractivity contribution in [3.63, 3.8) is 0 Å². The molecule has 0 spiro atoms. The smallest absolute Gasteiger partial charge is 0.165 e. The molecule has 4 aromatic rings. The predicted molar refractivity (Wildman–Crippen MR) is 137 cm³/mol. The number of nitrogens with zero attached hydrogens (tertiary/aromatic N) is 5. The van der Waals surface area contributed by atoms with Gasteiger partial charge in [-0.2, -0.15) is 5.10 Å². The molecule has 0 radical (unpaired) electrons. The maximum Gasteiger partial charge on any atom is 0.165 e. The Labute approximate surface area is 210 Å². The van der Waals surface area contributed by atoms with Gasteiger partial charge in [0.15, 0.2) is 11.6 Å². The van der Waals surface area contributed by atoms with Crippen LogP contribution in [0.2, 0.25) is 0 Å². The molecule has 0 saturated carbocycles. The van der Waals surface area contributed by atoms with E-state index in [2.05, 4.69) is 23.2 Å². The van der Waals surface area contributed by atoms with Crippen molar-refractivity contribution in [1.29, 1.82) is 0 Å². The second-order valence-corrected chi connectivity index (χ2v) is 11.9. The molecule has 1 saturated heterocycles. The first-order valence-corrected chi connectivity index (χ1v) is 13.8. The van der Waals surface area contributed by atoms with Crippen molar-refractivity contribution in [1.82, 2.24) is 24.2 Å². The minimum Gasteiger partial charge on any atom is -0.494 e. The second kappa shape index (κ2) is 9.67. The first kappa shape index (κ1) is 24.5. The Morgan fingerprint density at radius 3 is 2.61 bits per heavy atom. The molecule has 5 rings (SSSR count). The fourth-order valence-corrected chi connectivity index (χ4v) is 6.52. The zero-order valence-electron chi connectivity index (χ0n) is 20.7. The van der Waals surface area contributed by atoms with Crippen LogP contribution in [0.5, 0.6) is 5.75 Å². The number of sulfone groups is 1. The molecule has 10 heteroatoms. The van der Waals surface area contributed by atoms with E-state index in [1.54, 1.807) is 23.0 Å². The Kier molecular flexibility index (Phi) is 6.57. The highest BCUT2D eigenvalue weighted by atomic mass is 32.2. The van der Waals surface area contributed by atoms with Crippen molar-refractivity contribution >= 4 is 20.9 Å². The van der Waals surface area contributed by atoms with Gasteiger partial charge in [0.1, 0.15) is 15.5 Å². The maximum absolute atomic E-state index is 14.4. The summed E-state index contributed by atoms with van der Waals surface area (Å²) in [6.07, 6.45) is 7.23. The summed E-state index contributed by atoms with van der Waals surface area (Å²) in [5.41, 5.74) is 4.10. The SMILES string of the molecule is COc1ccc(-c2ccc3c(CN(C)CC4CCS(=O)(=O)CC4)cn(-c4cnn(C)c4)c3n2)cc1F. The van der Waals surface area contributed by atoms with Gasteiger partial charge in [0.05, 0.1) is 36.2 Å². The van der Waals surface area contributed by atoms with Crippen molar-refractivity contribution in [2.75, 3.05) is 32.2 Å². The number of fused-ring (bicyclic) bond motifs is 1. The van der Waals surface area contributed by atoms with Crippen LogP contribution in [0.15, 0.2) is 48.9 Å². The van der Waals surface area contributed by atoms with Gasteiger partial charge < -0.3 is 9.64 Å². The van der Waals surface area contributed by atoms with Crippen LogP contribution in [0, 0.1) is 11.7 Å². The third kappa shape index (κ3) is 5.01. The molecule has 0 atom stereocenters. The molecule has 0 unspecified atom stereocenters. The third-order valence-electron chi connectivity index (χ3n) is 6.84. The van der Waals surface area contributed by atoms with E-state index in [0.717, 1.165) is 28.8 Å². The van der Waals surface area contributed by atoms with E-state index in [9.17, 15) is 12.8 Å². The van der Waals surface area contributed by atoms with E-state index in [-0.39, 0.29) is 17.3 Å². The fourth-order valence-electron chi connectivity index (χ4n) is 4.93. The van der Waals surface area contributed by atoms with Crippen molar-refractivity contribution in [2.45, 2.75) is 19.4 Å². The van der Waals surface area contributed by atoms with Crippen LogP contribution < -0.4 is 4.74 Å². The number of aryl methyl sites for hydroxylation is 1.